The smallest absolute Gasteiger partial charge is 0.321 e. The SMILES string of the molecule is COc1cc(N[C@H]2[C@H]3CCO[C@H]3[C@@H]2N(C)C)nc(OC)n1. The van der Waals surface area contributed by atoms with Gasteiger partial charge >= 0.3 is 6.01 Å². The molecule has 0 bridgehead atoms. The van der Waals surface area contributed by atoms with E-state index in [0.717, 1.165) is 18.8 Å². The van der Waals surface area contributed by atoms with Crippen molar-refractivity contribution >= 4 is 5.82 Å². The van der Waals surface area contributed by atoms with Crippen LogP contribution in [-0.4, -0.2) is 68.0 Å². The number of likely N-dealkylation sites (N-methyl/N-ethyl adjacent to an activating group) is 1. The highest BCUT2D eigenvalue weighted by atomic mass is 16.5. The minimum atomic E-state index is 0.303. The molecule has 116 valence electrons. The van der Waals surface area contributed by atoms with E-state index < -0.39 is 0 Å². The number of rotatable bonds is 5. The number of ether oxygens (including phenoxy) is 3. The van der Waals surface area contributed by atoms with Gasteiger partial charge in [0.2, 0.25) is 5.88 Å². The molecule has 3 rings (SSSR count). The maximum Gasteiger partial charge on any atom is 0.321 e. The molecule has 0 amide bonds. The molecular formula is C14H22N4O3. The van der Waals surface area contributed by atoms with Crippen molar-refractivity contribution in [1.29, 1.82) is 0 Å². The Morgan fingerprint density at radius 2 is 2.10 bits per heavy atom. The molecule has 0 spiro atoms. The Labute approximate surface area is 124 Å². The topological polar surface area (TPSA) is 68.7 Å². The van der Waals surface area contributed by atoms with Gasteiger partial charge in [-0.05, 0) is 20.5 Å². The van der Waals surface area contributed by atoms with Crippen LogP contribution in [0.1, 0.15) is 6.42 Å². The maximum absolute atomic E-state index is 5.82. The molecule has 1 saturated heterocycles. The van der Waals surface area contributed by atoms with Gasteiger partial charge in [0, 0.05) is 18.6 Å². The Morgan fingerprint density at radius 3 is 2.76 bits per heavy atom. The molecular weight excluding hydrogens is 272 g/mol. The molecule has 1 N–H and O–H groups in total. The van der Waals surface area contributed by atoms with Gasteiger partial charge in [0.05, 0.1) is 32.4 Å². The number of methoxy groups -OCH3 is 2. The average molecular weight is 294 g/mol. The Hall–Kier alpha value is -1.60. The van der Waals surface area contributed by atoms with Gasteiger partial charge in [-0.3, -0.25) is 0 Å². The second kappa shape index (κ2) is 5.65. The summed E-state index contributed by atoms with van der Waals surface area (Å²) < 4.78 is 16.1. The first-order valence-corrected chi connectivity index (χ1v) is 7.15. The van der Waals surface area contributed by atoms with Crippen molar-refractivity contribution < 1.29 is 14.2 Å². The summed E-state index contributed by atoms with van der Waals surface area (Å²) in [7, 11) is 7.29. The average Bonchev–Trinajstić information content (AvgIpc) is 2.87. The number of hydrogen-bond donors (Lipinski definition) is 1. The number of fused-ring (bicyclic) bond motifs is 1. The molecule has 2 aliphatic rings. The zero-order valence-corrected chi connectivity index (χ0v) is 12.9. The zero-order valence-electron chi connectivity index (χ0n) is 12.9. The van der Waals surface area contributed by atoms with Gasteiger partial charge in [-0.1, -0.05) is 0 Å². The van der Waals surface area contributed by atoms with Crippen molar-refractivity contribution in [2.45, 2.75) is 24.6 Å². The van der Waals surface area contributed by atoms with Crippen LogP contribution in [0.3, 0.4) is 0 Å². The van der Waals surface area contributed by atoms with Gasteiger partial charge in [-0.2, -0.15) is 9.97 Å². The van der Waals surface area contributed by atoms with Crippen LogP contribution in [0.15, 0.2) is 6.07 Å². The van der Waals surface area contributed by atoms with Crippen molar-refractivity contribution in [2.75, 3.05) is 40.2 Å². The molecule has 1 aromatic heterocycles. The third-order valence-corrected chi connectivity index (χ3v) is 4.33. The number of hydrogen-bond acceptors (Lipinski definition) is 7. The lowest BCUT2D eigenvalue weighted by molar-refractivity contribution is -0.0516. The van der Waals surface area contributed by atoms with Crippen molar-refractivity contribution in [2.24, 2.45) is 5.92 Å². The minimum absolute atomic E-state index is 0.303. The fourth-order valence-corrected chi connectivity index (χ4v) is 3.33. The van der Waals surface area contributed by atoms with Gasteiger partial charge in [-0.15, -0.1) is 0 Å². The predicted octanol–water partition coefficient (Wildman–Crippen LogP) is 0.623. The normalized spacial score (nSPS) is 30.7. The van der Waals surface area contributed by atoms with Crippen LogP contribution in [-0.2, 0) is 4.74 Å². The summed E-state index contributed by atoms with van der Waals surface area (Å²) in [5.41, 5.74) is 0. The number of aromatic nitrogens is 2. The first-order valence-electron chi connectivity index (χ1n) is 7.15. The van der Waals surface area contributed by atoms with Crippen molar-refractivity contribution in [3.8, 4) is 11.9 Å². The Kier molecular flexibility index (Phi) is 3.86. The largest absolute Gasteiger partial charge is 0.481 e. The molecule has 4 atom stereocenters. The van der Waals surface area contributed by atoms with Gasteiger partial charge in [0.1, 0.15) is 5.82 Å². The van der Waals surface area contributed by atoms with E-state index in [1.165, 1.54) is 0 Å². The summed E-state index contributed by atoms with van der Waals surface area (Å²) in [6.45, 7) is 0.842. The Bertz CT molecular complexity index is 489. The molecule has 2 fully saturated rings. The number of nitrogens with one attached hydrogen (secondary N) is 1. The van der Waals surface area contributed by atoms with E-state index in [2.05, 4.69) is 34.3 Å². The zero-order chi connectivity index (χ0) is 15.0. The molecule has 2 heterocycles. The summed E-state index contributed by atoms with van der Waals surface area (Å²) in [6.07, 6.45) is 1.41. The third kappa shape index (κ3) is 2.51. The minimum Gasteiger partial charge on any atom is -0.481 e. The molecule has 7 heteroatoms. The molecule has 21 heavy (non-hydrogen) atoms. The van der Waals surface area contributed by atoms with Crippen molar-refractivity contribution in [3.05, 3.63) is 6.07 Å². The summed E-state index contributed by atoms with van der Waals surface area (Å²) in [4.78, 5) is 10.7. The van der Waals surface area contributed by atoms with E-state index in [4.69, 9.17) is 14.2 Å². The van der Waals surface area contributed by atoms with Crippen LogP contribution in [0, 0.1) is 5.92 Å². The summed E-state index contributed by atoms with van der Waals surface area (Å²) in [5.74, 6) is 1.74. The van der Waals surface area contributed by atoms with Crippen LogP contribution < -0.4 is 14.8 Å². The fourth-order valence-electron chi connectivity index (χ4n) is 3.33. The van der Waals surface area contributed by atoms with Crippen molar-refractivity contribution in [1.82, 2.24) is 14.9 Å². The highest BCUT2D eigenvalue weighted by Crippen LogP contribution is 2.42. The molecule has 0 unspecified atom stereocenters. The van der Waals surface area contributed by atoms with E-state index in [-0.39, 0.29) is 0 Å². The van der Waals surface area contributed by atoms with Gasteiger partial charge in [0.25, 0.3) is 0 Å². The van der Waals surface area contributed by atoms with E-state index in [0.29, 0.717) is 36.0 Å². The third-order valence-electron chi connectivity index (χ3n) is 4.33. The van der Waals surface area contributed by atoms with Crippen LogP contribution in [0.25, 0.3) is 0 Å². The van der Waals surface area contributed by atoms with E-state index >= 15 is 0 Å². The van der Waals surface area contributed by atoms with Crippen LogP contribution in [0.2, 0.25) is 0 Å². The van der Waals surface area contributed by atoms with Crippen LogP contribution in [0.4, 0.5) is 5.82 Å². The fraction of sp³-hybridized carbons (Fsp3) is 0.714. The lowest BCUT2D eigenvalue weighted by Crippen LogP contribution is -2.66. The van der Waals surface area contributed by atoms with Crippen molar-refractivity contribution in [3.63, 3.8) is 0 Å². The lowest BCUT2D eigenvalue weighted by Gasteiger charge is -2.51. The molecule has 1 saturated carbocycles. The van der Waals surface area contributed by atoms with Gasteiger partial charge in [0.15, 0.2) is 0 Å². The highest BCUT2D eigenvalue weighted by Gasteiger charge is 2.55. The monoisotopic (exact) mass is 294 g/mol. The predicted molar refractivity (Wildman–Crippen MR) is 77.9 cm³/mol. The first-order chi connectivity index (χ1) is 10.1. The summed E-state index contributed by atoms with van der Waals surface area (Å²) in [6, 6.07) is 2.76. The van der Waals surface area contributed by atoms with E-state index in [1.807, 2.05) is 0 Å². The molecule has 7 nitrogen and oxygen atoms in total. The van der Waals surface area contributed by atoms with Gasteiger partial charge in [-0.25, -0.2) is 0 Å². The summed E-state index contributed by atoms with van der Waals surface area (Å²) >= 11 is 0. The number of anilines is 1. The Balaban J connectivity index is 1.79. The molecule has 1 aromatic rings. The maximum atomic E-state index is 5.82. The lowest BCUT2D eigenvalue weighted by atomic mass is 9.71. The van der Waals surface area contributed by atoms with Gasteiger partial charge < -0.3 is 24.4 Å². The standard InChI is InChI=1S/C14H22N4O3/c1-18(2)12-11(8-5-6-21-13(8)12)15-9-7-10(19-3)17-14(16-9)20-4/h7-8,11-13H,5-6H2,1-4H3,(H,15,16,17)/t8-,11+,12-,13-/m1/s1. The van der Waals surface area contributed by atoms with E-state index in [1.54, 1.807) is 20.3 Å². The molecule has 1 aliphatic heterocycles. The Morgan fingerprint density at radius 1 is 1.29 bits per heavy atom. The molecule has 0 aromatic carbocycles. The second-order valence-electron chi connectivity index (χ2n) is 5.69. The van der Waals surface area contributed by atoms with E-state index in [9.17, 15) is 0 Å². The van der Waals surface area contributed by atoms with Crippen LogP contribution >= 0.6 is 0 Å². The first kappa shape index (κ1) is 14.3. The molecule has 1 aliphatic carbocycles. The summed E-state index contributed by atoms with van der Waals surface area (Å²) in [5, 5.41) is 3.50. The highest BCUT2D eigenvalue weighted by molar-refractivity contribution is 5.42. The second-order valence-corrected chi connectivity index (χ2v) is 5.69. The molecule has 0 radical (unpaired) electrons. The quantitative estimate of drug-likeness (QED) is 0.854. The number of nitrogens with zero attached hydrogens (tertiary/aromatic N) is 3. The van der Waals surface area contributed by atoms with Crippen LogP contribution in [0.5, 0.6) is 11.9 Å².